The van der Waals surface area contributed by atoms with Gasteiger partial charge in [0.25, 0.3) is 0 Å². The maximum Gasteiger partial charge on any atom is 0.180 e. The van der Waals surface area contributed by atoms with Crippen LogP contribution < -0.4 is 0 Å². The van der Waals surface area contributed by atoms with Gasteiger partial charge in [0.2, 0.25) is 0 Å². The monoisotopic (exact) mass is 289 g/mol. The molecule has 0 aliphatic rings. The molecule has 3 N–H and O–H groups in total. The first-order valence-corrected chi connectivity index (χ1v) is 5.84. The zero-order chi connectivity index (χ0) is 11.9. The summed E-state index contributed by atoms with van der Waals surface area (Å²) >= 11 is 14.4. The quantitative estimate of drug-likeness (QED) is 0.851. The first kappa shape index (κ1) is 21.2. The molecule has 0 aliphatic carbocycles. The third-order valence-corrected chi connectivity index (χ3v) is 1.08. The van der Waals surface area contributed by atoms with Crippen LogP contribution in [0.5, 0.6) is 0 Å². The van der Waals surface area contributed by atoms with Crippen molar-refractivity contribution in [3.05, 3.63) is 30.6 Å². The first-order valence-electron chi connectivity index (χ1n) is 4.53. The second-order valence-electron chi connectivity index (χ2n) is 2.35. The van der Waals surface area contributed by atoms with Crippen LogP contribution in [-0.2, 0) is 0 Å². The number of aliphatic hydroxyl groups excluding tert-OH is 1. The van der Waals surface area contributed by atoms with Crippen LogP contribution in [0.3, 0.4) is 0 Å². The highest BCUT2D eigenvalue weighted by atomic mass is 35.6. The molecule has 1 rings (SSSR count). The summed E-state index contributed by atoms with van der Waals surface area (Å²) < 4.78 is -0.750. The Morgan fingerprint density at radius 1 is 1.12 bits per heavy atom. The van der Waals surface area contributed by atoms with Crippen LogP contribution in [0.2, 0.25) is 0 Å². The van der Waals surface area contributed by atoms with Crippen molar-refractivity contribution in [3.8, 4) is 0 Å². The number of nitrogens with zero attached hydrogens (tertiary/aromatic N) is 1. The Hall–Kier alpha value is -0.0600. The van der Waals surface area contributed by atoms with E-state index >= 15 is 0 Å². The lowest BCUT2D eigenvalue weighted by atomic mass is 10.4. The molecular formula is C10H18Cl3NO2. The van der Waals surface area contributed by atoms with Gasteiger partial charge in [-0.15, -0.1) is 0 Å². The van der Waals surface area contributed by atoms with E-state index in [0.717, 1.165) is 12.8 Å². The molecule has 1 aromatic heterocycles. The lowest BCUT2D eigenvalue weighted by Gasteiger charge is -1.79. The van der Waals surface area contributed by atoms with Crippen LogP contribution in [0.15, 0.2) is 30.6 Å². The van der Waals surface area contributed by atoms with Crippen molar-refractivity contribution >= 4 is 34.8 Å². The average molecular weight is 291 g/mol. The smallest absolute Gasteiger partial charge is 0.180 e. The molecule has 0 spiro atoms. The molecule has 0 aliphatic heterocycles. The van der Waals surface area contributed by atoms with E-state index in [1.54, 1.807) is 12.4 Å². The molecule has 0 saturated carbocycles. The van der Waals surface area contributed by atoms with Gasteiger partial charge in [-0.3, -0.25) is 4.98 Å². The average Bonchev–Trinajstić information content (AvgIpc) is 2.22. The molecule has 0 radical (unpaired) electrons. The van der Waals surface area contributed by atoms with Crippen molar-refractivity contribution < 1.29 is 10.6 Å². The predicted octanol–water partition coefficient (Wildman–Crippen LogP) is 3.02. The normalized spacial score (nSPS) is 7.88. The molecule has 1 aromatic rings. The lowest BCUT2D eigenvalue weighted by molar-refractivity contribution is 0.287. The predicted molar refractivity (Wildman–Crippen MR) is 71.2 cm³/mol. The second-order valence-corrected chi connectivity index (χ2v) is 4.33. The van der Waals surface area contributed by atoms with Crippen LogP contribution >= 0.6 is 34.8 Å². The number of alkyl halides is 3. The number of rotatable bonds is 2. The van der Waals surface area contributed by atoms with Crippen LogP contribution in [0.4, 0.5) is 0 Å². The summed E-state index contributed by atoms with van der Waals surface area (Å²) in [4.78, 5) is 3.78. The summed E-state index contributed by atoms with van der Waals surface area (Å²) in [5.74, 6) is 0. The minimum atomic E-state index is -0.750. The van der Waals surface area contributed by atoms with Crippen molar-refractivity contribution in [1.29, 1.82) is 0 Å². The third-order valence-electron chi connectivity index (χ3n) is 1.08. The fraction of sp³-hybridized carbons (Fsp3) is 0.500. The number of halogens is 3. The van der Waals surface area contributed by atoms with E-state index in [1.807, 2.05) is 18.2 Å². The number of aliphatic hydroxyl groups is 1. The number of pyridine rings is 1. The van der Waals surface area contributed by atoms with Gasteiger partial charge in [-0.05, 0) is 18.6 Å². The van der Waals surface area contributed by atoms with Crippen molar-refractivity contribution in [3.63, 3.8) is 0 Å². The lowest BCUT2D eigenvalue weighted by Crippen LogP contribution is -1.75. The van der Waals surface area contributed by atoms with Crippen LogP contribution in [0, 0.1) is 0 Å². The van der Waals surface area contributed by atoms with Crippen LogP contribution in [-0.4, -0.2) is 26.5 Å². The Balaban J connectivity index is -0.000000158. The summed E-state index contributed by atoms with van der Waals surface area (Å²) in [6, 6.07) is 5.72. The van der Waals surface area contributed by atoms with E-state index in [9.17, 15) is 0 Å². The van der Waals surface area contributed by atoms with E-state index in [2.05, 4.69) is 11.9 Å². The van der Waals surface area contributed by atoms with Crippen LogP contribution in [0.1, 0.15) is 19.8 Å². The van der Waals surface area contributed by atoms with Gasteiger partial charge in [-0.1, -0.05) is 54.2 Å². The van der Waals surface area contributed by atoms with E-state index in [0.29, 0.717) is 6.61 Å². The summed E-state index contributed by atoms with van der Waals surface area (Å²) in [6.07, 6.45) is 5.54. The minimum Gasteiger partial charge on any atom is -0.412 e. The second kappa shape index (κ2) is 20.4. The number of hydrogen-bond acceptors (Lipinski definition) is 2. The minimum absolute atomic E-state index is 0. The molecule has 0 saturated heterocycles. The SMILES string of the molecule is CCCCO.ClC(Cl)Cl.O.c1ccncc1. The molecule has 16 heavy (non-hydrogen) atoms. The molecule has 96 valence electrons. The van der Waals surface area contributed by atoms with Gasteiger partial charge in [0.15, 0.2) is 4.30 Å². The number of unbranched alkanes of at least 4 members (excludes halogenated alkanes) is 1. The summed E-state index contributed by atoms with van der Waals surface area (Å²) in [7, 11) is 0. The van der Waals surface area contributed by atoms with Crippen LogP contribution in [0.25, 0.3) is 0 Å². The zero-order valence-electron chi connectivity index (χ0n) is 9.11. The molecule has 3 nitrogen and oxygen atoms in total. The topological polar surface area (TPSA) is 64.6 Å². The van der Waals surface area contributed by atoms with E-state index in [4.69, 9.17) is 39.9 Å². The first-order chi connectivity index (χ1) is 7.15. The van der Waals surface area contributed by atoms with Gasteiger partial charge in [-0.25, -0.2) is 0 Å². The van der Waals surface area contributed by atoms with Gasteiger partial charge < -0.3 is 10.6 Å². The maximum absolute atomic E-state index is 8.07. The van der Waals surface area contributed by atoms with Gasteiger partial charge in [0, 0.05) is 19.0 Å². The molecule has 0 aromatic carbocycles. The van der Waals surface area contributed by atoms with E-state index in [-0.39, 0.29) is 5.48 Å². The number of hydrogen-bond donors (Lipinski definition) is 1. The molecule has 0 unspecified atom stereocenters. The molecule has 1 heterocycles. The van der Waals surface area contributed by atoms with Crippen molar-refractivity contribution in [2.24, 2.45) is 0 Å². The summed E-state index contributed by atoms with van der Waals surface area (Å²) in [5.41, 5.74) is 0. The third kappa shape index (κ3) is 37.0. The Kier molecular flexibility index (Phi) is 27.0. The highest BCUT2D eigenvalue weighted by Gasteiger charge is 1.78. The van der Waals surface area contributed by atoms with E-state index < -0.39 is 4.30 Å². The number of aromatic nitrogens is 1. The molecule has 0 amide bonds. The fourth-order valence-corrected chi connectivity index (χ4v) is 0.471. The van der Waals surface area contributed by atoms with Gasteiger partial charge in [-0.2, -0.15) is 0 Å². The highest BCUT2D eigenvalue weighted by Crippen LogP contribution is 2.03. The Bertz CT molecular complexity index is 157. The van der Waals surface area contributed by atoms with Crippen molar-refractivity contribution in [2.45, 2.75) is 24.1 Å². The molecule has 0 bridgehead atoms. The summed E-state index contributed by atoms with van der Waals surface area (Å²) in [6.45, 7) is 2.40. The largest absolute Gasteiger partial charge is 0.412 e. The highest BCUT2D eigenvalue weighted by molar-refractivity contribution is 6.63. The van der Waals surface area contributed by atoms with E-state index in [1.165, 1.54) is 0 Å². The Morgan fingerprint density at radius 3 is 1.62 bits per heavy atom. The standard InChI is InChI=1S/C5H5N.C4H10O.CHCl3.H2O/c1-2-4-6-5-3-1;1-2-3-4-5;2-1(3)4;/h1-5H;5H,2-4H2,1H3;1H;1H2. The zero-order valence-corrected chi connectivity index (χ0v) is 11.4. The molecular weight excluding hydrogens is 272 g/mol. The fourth-order valence-electron chi connectivity index (χ4n) is 0.471. The molecule has 6 heteroatoms. The van der Waals surface area contributed by atoms with Gasteiger partial charge in [0.05, 0.1) is 0 Å². The van der Waals surface area contributed by atoms with Crippen molar-refractivity contribution in [1.82, 2.24) is 4.98 Å². The van der Waals surface area contributed by atoms with Gasteiger partial charge >= 0.3 is 0 Å². The molecule has 0 fully saturated rings. The Labute approximate surface area is 112 Å². The van der Waals surface area contributed by atoms with Crippen molar-refractivity contribution in [2.75, 3.05) is 6.61 Å². The van der Waals surface area contributed by atoms with Gasteiger partial charge in [0.1, 0.15) is 0 Å². The molecule has 0 atom stereocenters. The maximum atomic E-state index is 8.07. The summed E-state index contributed by atoms with van der Waals surface area (Å²) in [5, 5.41) is 8.07. The Morgan fingerprint density at radius 2 is 1.56 bits per heavy atom.